The number of hydrogen-bond acceptors (Lipinski definition) is 7. The second-order valence-corrected chi connectivity index (χ2v) is 11.0. The number of nitrogens with two attached hydrogens (primary N) is 1. The van der Waals surface area contributed by atoms with E-state index in [4.69, 9.17) is 10.3 Å². The van der Waals surface area contributed by atoms with Gasteiger partial charge in [-0.1, -0.05) is 0 Å². The van der Waals surface area contributed by atoms with Crippen LogP contribution in [0.5, 0.6) is 0 Å². The first kappa shape index (κ1) is 18.9. The van der Waals surface area contributed by atoms with Gasteiger partial charge in [0.1, 0.15) is 23.2 Å². The molecule has 2 aliphatic heterocycles. The quantitative estimate of drug-likeness (QED) is 0.495. The summed E-state index contributed by atoms with van der Waals surface area (Å²) in [5.74, 6) is -1.80. The fourth-order valence-corrected chi connectivity index (χ4v) is 7.65. The van der Waals surface area contributed by atoms with Crippen molar-refractivity contribution in [3.8, 4) is 0 Å². The zero-order valence-corrected chi connectivity index (χ0v) is 16.4. The van der Waals surface area contributed by atoms with Crippen molar-refractivity contribution in [1.29, 1.82) is 0 Å². The number of fused-ring (bicyclic) bond motifs is 1. The molecule has 4 N–H and O–H groups in total. The standard InChI is InChI=1S/C14H20N3O5PS2/c1-14(2)13(23(20,21)22-3)17-11(19)9(12(17)25-14)16-10(18)8(15)7-4-5-24-6-7/h4-6,8-9,12-13H,15H2,1-3H3,(H,16,18)(H,20,21)/t8?,9?,12-,13?/m0/s1. The molecule has 0 aliphatic carbocycles. The maximum Gasteiger partial charge on any atom is 0.351 e. The van der Waals surface area contributed by atoms with E-state index >= 15 is 0 Å². The summed E-state index contributed by atoms with van der Waals surface area (Å²) in [5, 5.41) is 5.86. The lowest BCUT2D eigenvalue weighted by Gasteiger charge is -2.45. The maximum atomic E-state index is 12.5. The van der Waals surface area contributed by atoms with E-state index in [0.717, 1.165) is 7.11 Å². The molecule has 3 rings (SSSR count). The first-order valence-corrected chi connectivity index (χ1v) is 11.0. The summed E-state index contributed by atoms with van der Waals surface area (Å²) in [4.78, 5) is 36.3. The molecule has 2 saturated heterocycles. The number of thioether (sulfide) groups is 1. The summed E-state index contributed by atoms with van der Waals surface area (Å²) in [6.07, 6.45) is 0. The second kappa shape index (κ2) is 6.37. The van der Waals surface area contributed by atoms with Crippen molar-refractivity contribution in [1.82, 2.24) is 10.2 Å². The third-order valence-corrected chi connectivity index (χ3v) is 8.93. The lowest BCUT2D eigenvalue weighted by molar-refractivity contribution is -0.149. The summed E-state index contributed by atoms with van der Waals surface area (Å²) in [6.45, 7) is 3.57. The molecule has 0 saturated carbocycles. The molecular weight excluding hydrogens is 385 g/mol. The van der Waals surface area contributed by atoms with E-state index in [1.165, 1.54) is 28.0 Å². The molecule has 1 aromatic heterocycles. The Morgan fingerprint density at radius 3 is 2.80 bits per heavy atom. The van der Waals surface area contributed by atoms with Crippen LogP contribution >= 0.6 is 30.7 Å². The molecule has 25 heavy (non-hydrogen) atoms. The molecule has 5 atom stereocenters. The molecule has 2 fully saturated rings. The number of amides is 2. The summed E-state index contributed by atoms with van der Waals surface area (Å²) in [7, 11) is -2.84. The molecule has 138 valence electrons. The number of hydrogen-bond donors (Lipinski definition) is 3. The van der Waals surface area contributed by atoms with Crippen LogP contribution in [0.2, 0.25) is 0 Å². The lowest BCUT2D eigenvalue weighted by Crippen LogP contribution is -2.69. The van der Waals surface area contributed by atoms with Gasteiger partial charge in [-0.05, 0) is 36.2 Å². The Hall–Kier alpha value is -0.900. The third-order valence-electron chi connectivity index (χ3n) is 4.44. The topological polar surface area (TPSA) is 122 Å². The number of β-lactam (4-membered cyclic amide) rings is 1. The minimum Gasteiger partial charge on any atom is -0.340 e. The van der Waals surface area contributed by atoms with Gasteiger partial charge in [0.05, 0.1) is 0 Å². The van der Waals surface area contributed by atoms with E-state index in [-0.39, 0.29) is 0 Å². The molecule has 0 radical (unpaired) electrons. The fourth-order valence-electron chi connectivity index (χ4n) is 3.21. The van der Waals surface area contributed by atoms with Gasteiger partial charge in [-0.25, -0.2) is 0 Å². The van der Waals surface area contributed by atoms with Crippen molar-refractivity contribution in [2.75, 3.05) is 7.11 Å². The van der Waals surface area contributed by atoms with Gasteiger partial charge < -0.3 is 25.4 Å². The number of rotatable bonds is 5. The average molecular weight is 405 g/mol. The van der Waals surface area contributed by atoms with Crippen LogP contribution in [0.4, 0.5) is 0 Å². The van der Waals surface area contributed by atoms with E-state index in [1.807, 2.05) is 5.38 Å². The number of nitrogens with one attached hydrogen (secondary N) is 1. The Morgan fingerprint density at radius 2 is 2.24 bits per heavy atom. The number of nitrogens with zero attached hydrogens (tertiary/aromatic N) is 1. The van der Waals surface area contributed by atoms with Crippen LogP contribution in [0.1, 0.15) is 25.5 Å². The van der Waals surface area contributed by atoms with Crippen LogP contribution in [0.3, 0.4) is 0 Å². The van der Waals surface area contributed by atoms with Crippen molar-refractivity contribution in [2.45, 2.75) is 41.8 Å². The highest BCUT2D eigenvalue weighted by Crippen LogP contribution is 2.64. The smallest absolute Gasteiger partial charge is 0.340 e. The highest BCUT2D eigenvalue weighted by molar-refractivity contribution is 8.02. The van der Waals surface area contributed by atoms with E-state index in [2.05, 4.69) is 5.32 Å². The predicted octanol–water partition coefficient (Wildman–Crippen LogP) is 1.08. The molecule has 0 spiro atoms. The first-order valence-electron chi connectivity index (χ1n) is 7.56. The number of carbonyl (C=O) groups excluding carboxylic acids is 2. The van der Waals surface area contributed by atoms with Crippen LogP contribution in [-0.2, 0) is 18.7 Å². The first-order chi connectivity index (χ1) is 11.6. The van der Waals surface area contributed by atoms with Crippen molar-refractivity contribution >= 4 is 42.5 Å². The van der Waals surface area contributed by atoms with Crippen LogP contribution in [-0.4, -0.2) is 50.7 Å². The highest BCUT2D eigenvalue weighted by atomic mass is 32.2. The van der Waals surface area contributed by atoms with Gasteiger partial charge in [-0.2, -0.15) is 11.3 Å². The SMILES string of the molecule is COP(=O)(O)C1N2C(=O)C(NC(=O)C(N)c3ccsc3)[C@@H]2SC1(C)C. The number of thiophene rings is 1. The predicted molar refractivity (Wildman–Crippen MR) is 96.1 cm³/mol. The van der Waals surface area contributed by atoms with Crippen molar-refractivity contribution in [3.05, 3.63) is 22.4 Å². The zero-order valence-electron chi connectivity index (χ0n) is 13.9. The van der Waals surface area contributed by atoms with Crippen molar-refractivity contribution in [3.63, 3.8) is 0 Å². The van der Waals surface area contributed by atoms with Gasteiger partial charge in [0.2, 0.25) is 11.8 Å². The van der Waals surface area contributed by atoms with Crippen LogP contribution in [0.25, 0.3) is 0 Å². The molecule has 2 amide bonds. The fraction of sp³-hybridized carbons (Fsp3) is 0.571. The van der Waals surface area contributed by atoms with E-state index < -0.39 is 47.4 Å². The van der Waals surface area contributed by atoms with Gasteiger partial charge in [-0.3, -0.25) is 14.2 Å². The molecular formula is C14H20N3O5PS2. The van der Waals surface area contributed by atoms with E-state index in [1.54, 1.807) is 25.3 Å². The van der Waals surface area contributed by atoms with Crippen molar-refractivity contribution in [2.24, 2.45) is 5.73 Å². The molecule has 8 nitrogen and oxygen atoms in total. The van der Waals surface area contributed by atoms with Crippen LogP contribution in [0, 0.1) is 0 Å². The monoisotopic (exact) mass is 405 g/mol. The molecule has 0 aromatic carbocycles. The lowest BCUT2D eigenvalue weighted by atomic mass is 10.0. The molecule has 11 heteroatoms. The second-order valence-electron chi connectivity index (χ2n) is 6.50. The Balaban J connectivity index is 1.75. The van der Waals surface area contributed by atoms with Gasteiger partial charge >= 0.3 is 7.60 Å². The largest absolute Gasteiger partial charge is 0.351 e. The molecule has 0 bridgehead atoms. The molecule has 4 unspecified atom stereocenters. The number of carbonyl (C=O) groups is 2. The van der Waals surface area contributed by atoms with Gasteiger partial charge in [-0.15, -0.1) is 11.8 Å². The molecule has 1 aromatic rings. The summed E-state index contributed by atoms with van der Waals surface area (Å²) in [6, 6.07) is 0.142. The van der Waals surface area contributed by atoms with Gasteiger partial charge in [0.15, 0.2) is 0 Å². The van der Waals surface area contributed by atoms with Gasteiger partial charge in [0, 0.05) is 11.9 Å². The summed E-state index contributed by atoms with van der Waals surface area (Å²) < 4.78 is 16.4. The molecule has 3 heterocycles. The maximum absolute atomic E-state index is 12.5. The molecule has 2 aliphatic rings. The minimum absolute atomic E-state index is 0.398. The van der Waals surface area contributed by atoms with Crippen LogP contribution in [0.15, 0.2) is 16.8 Å². The Morgan fingerprint density at radius 1 is 1.56 bits per heavy atom. The summed E-state index contributed by atoms with van der Waals surface area (Å²) in [5.41, 5.74) is 6.61. The van der Waals surface area contributed by atoms with Gasteiger partial charge in [0.25, 0.3) is 0 Å². The minimum atomic E-state index is -3.99. The Kier molecular flexibility index (Phi) is 4.81. The highest BCUT2D eigenvalue weighted by Gasteiger charge is 2.67. The van der Waals surface area contributed by atoms with Crippen LogP contribution < -0.4 is 11.1 Å². The Bertz CT molecular complexity index is 741. The average Bonchev–Trinajstić information content (AvgIpc) is 3.16. The normalized spacial score (nSPS) is 31.0. The summed E-state index contributed by atoms with van der Waals surface area (Å²) >= 11 is 2.80. The van der Waals surface area contributed by atoms with Crippen molar-refractivity contribution < 1.29 is 23.6 Å². The van der Waals surface area contributed by atoms with E-state index in [9.17, 15) is 19.0 Å². The van der Waals surface area contributed by atoms with E-state index in [0.29, 0.717) is 5.56 Å². The third kappa shape index (κ3) is 3.05. The Labute approximate surface area is 153 Å². The zero-order chi connectivity index (χ0) is 18.6.